The molecule has 0 atom stereocenters. The lowest BCUT2D eigenvalue weighted by Gasteiger charge is -2.31. The van der Waals surface area contributed by atoms with Crippen LogP contribution in [0.3, 0.4) is 0 Å². The highest BCUT2D eigenvalue weighted by Gasteiger charge is 2.35. The monoisotopic (exact) mass is 280 g/mol. The number of carbonyl (C=O) groups excluding carboxylic acids is 1. The molecule has 1 heterocycles. The van der Waals surface area contributed by atoms with E-state index in [9.17, 15) is 4.79 Å². The van der Waals surface area contributed by atoms with Gasteiger partial charge in [0, 0.05) is 32.5 Å². The van der Waals surface area contributed by atoms with Gasteiger partial charge in [0.1, 0.15) is 0 Å². The molecule has 2 rings (SSSR count). The highest BCUT2D eigenvalue weighted by molar-refractivity contribution is 5.97. The molecule has 0 spiro atoms. The number of nitrogens with two attached hydrogens (primary N) is 1. The summed E-state index contributed by atoms with van der Waals surface area (Å²) in [7, 11) is 1.68. The number of nitrogens with zero attached hydrogens (tertiary/aromatic N) is 2. The van der Waals surface area contributed by atoms with Gasteiger partial charge >= 0.3 is 0 Å². The fraction of sp³-hybridized carbons (Fsp3) is 0.714. The molecule has 0 aliphatic heterocycles. The number of carbonyl (C=O) groups is 1. The van der Waals surface area contributed by atoms with Gasteiger partial charge in [0.05, 0.1) is 5.54 Å². The van der Waals surface area contributed by atoms with Crippen molar-refractivity contribution in [2.45, 2.75) is 50.6 Å². The first kappa shape index (κ1) is 15.0. The van der Waals surface area contributed by atoms with Crippen molar-refractivity contribution in [2.24, 2.45) is 5.73 Å². The van der Waals surface area contributed by atoms with Gasteiger partial charge in [-0.1, -0.05) is 19.3 Å². The SMILES string of the molecule is COCCCn1ccc(NC(=O)C2(N)CCCCC2)n1. The van der Waals surface area contributed by atoms with Crippen LogP contribution in [0.2, 0.25) is 0 Å². The zero-order valence-corrected chi connectivity index (χ0v) is 12.1. The summed E-state index contributed by atoms with van der Waals surface area (Å²) in [6, 6.07) is 1.80. The summed E-state index contributed by atoms with van der Waals surface area (Å²) in [5, 5.41) is 7.16. The van der Waals surface area contributed by atoms with Crippen molar-refractivity contribution in [1.29, 1.82) is 0 Å². The minimum absolute atomic E-state index is 0.112. The summed E-state index contributed by atoms with van der Waals surface area (Å²) < 4.78 is 6.80. The Morgan fingerprint density at radius 1 is 1.50 bits per heavy atom. The molecule has 6 heteroatoms. The van der Waals surface area contributed by atoms with Gasteiger partial charge in [-0.15, -0.1) is 0 Å². The van der Waals surface area contributed by atoms with Gasteiger partial charge in [-0.05, 0) is 19.3 Å². The quantitative estimate of drug-likeness (QED) is 0.774. The molecule has 112 valence electrons. The van der Waals surface area contributed by atoms with Gasteiger partial charge in [-0.2, -0.15) is 5.10 Å². The average Bonchev–Trinajstić information content (AvgIpc) is 2.87. The number of aromatic nitrogens is 2. The Labute approximate surface area is 119 Å². The van der Waals surface area contributed by atoms with Gasteiger partial charge in [0.15, 0.2) is 5.82 Å². The van der Waals surface area contributed by atoms with Crippen LogP contribution in [0.15, 0.2) is 12.3 Å². The maximum absolute atomic E-state index is 12.3. The zero-order chi connectivity index (χ0) is 14.4. The van der Waals surface area contributed by atoms with Crippen LogP contribution in [0.1, 0.15) is 38.5 Å². The second-order valence-corrected chi connectivity index (χ2v) is 5.48. The standard InChI is InChI=1S/C14H24N4O2/c1-20-11-5-9-18-10-6-12(17-18)16-13(19)14(15)7-3-2-4-8-14/h6,10H,2-5,7-9,11,15H2,1H3,(H,16,17,19). The van der Waals surface area contributed by atoms with Crippen LogP contribution in [0.4, 0.5) is 5.82 Å². The molecule has 20 heavy (non-hydrogen) atoms. The van der Waals surface area contributed by atoms with Gasteiger partial charge in [0.2, 0.25) is 5.91 Å². The molecule has 0 unspecified atom stereocenters. The summed E-state index contributed by atoms with van der Waals surface area (Å²) in [4.78, 5) is 12.3. The molecule has 1 aliphatic rings. The fourth-order valence-corrected chi connectivity index (χ4v) is 2.57. The van der Waals surface area contributed by atoms with Crippen molar-refractivity contribution < 1.29 is 9.53 Å². The van der Waals surface area contributed by atoms with Crippen LogP contribution < -0.4 is 11.1 Å². The fourth-order valence-electron chi connectivity index (χ4n) is 2.57. The Morgan fingerprint density at radius 2 is 2.25 bits per heavy atom. The van der Waals surface area contributed by atoms with E-state index in [-0.39, 0.29) is 5.91 Å². The highest BCUT2D eigenvalue weighted by atomic mass is 16.5. The number of amides is 1. The number of anilines is 1. The summed E-state index contributed by atoms with van der Waals surface area (Å²) >= 11 is 0. The largest absolute Gasteiger partial charge is 0.385 e. The van der Waals surface area contributed by atoms with E-state index in [4.69, 9.17) is 10.5 Å². The third-order valence-corrected chi connectivity index (χ3v) is 3.82. The Hall–Kier alpha value is -1.40. The molecule has 0 bridgehead atoms. The molecule has 0 saturated heterocycles. The predicted octanol–water partition coefficient (Wildman–Crippen LogP) is 1.52. The molecule has 1 aliphatic carbocycles. The van der Waals surface area contributed by atoms with E-state index in [2.05, 4.69) is 10.4 Å². The van der Waals surface area contributed by atoms with E-state index >= 15 is 0 Å². The molecule has 1 aromatic heterocycles. The summed E-state index contributed by atoms with van der Waals surface area (Å²) in [5.41, 5.74) is 5.47. The minimum atomic E-state index is -0.724. The molecule has 3 N–H and O–H groups in total. The summed E-state index contributed by atoms with van der Waals surface area (Å²) in [5.74, 6) is 0.460. The first-order chi connectivity index (χ1) is 9.64. The molecule has 6 nitrogen and oxygen atoms in total. The lowest BCUT2D eigenvalue weighted by molar-refractivity contribution is -0.122. The molecule has 0 radical (unpaired) electrons. The van der Waals surface area contributed by atoms with Crippen molar-refractivity contribution in [1.82, 2.24) is 9.78 Å². The van der Waals surface area contributed by atoms with Crippen molar-refractivity contribution >= 4 is 11.7 Å². The number of aryl methyl sites for hydroxylation is 1. The average molecular weight is 280 g/mol. The van der Waals surface area contributed by atoms with Crippen molar-refractivity contribution in [3.8, 4) is 0 Å². The molecule has 1 aromatic rings. The van der Waals surface area contributed by atoms with Gasteiger partial charge in [-0.3, -0.25) is 9.48 Å². The smallest absolute Gasteiger partial charge is 0.245 e. The van der Waals surface area contributed by atoms with Crippen molar-refractivity contribution in [3.63, 3.8) is 0 Å². The number of rotatable bonds is 6. The Bertz CT molecular complexity index is 438. The van der Waals surface area contributed by atoms with Crippen LogP contribution in [0.25, 0.3) is 0 Å². The number of nitrogens with one attached hydrogen (secondary N) is 1. The normalized spacial score (nSPS) is 17.9. The van der Waals surface area contributed by atoms with Crippen molar-refractivity contribution in [3.05, 3.63) is 12.3 Å². The van der Waals surface area contributed by atoms with Crippen LogP contribution >= 0.6 is 0 Å². The van der Waals surface area contributed by atoms with Crippen molar-refractivity contribution in [2.75, 3.05) is 19.0 Å². The van der Waals surface area contributed by atoms with E-state index < -0.39 is 5.54 Å². The zero-order valence-electron chi connectivity index (χ0n) is 12.1. The van der Waals surface area contributed by atoms with Gasteiger partial charge in [-0.25, -0.2) is 0 Å². The van der Waals surface area contributed by atoms with E-state index in [0.29, 0.717) is 12.4 Å². The minimum Gasteiger partial charge on any atom is -0.385 e. The third kappa shape index (κ3) is 3.80. The first-order valence-electron chi connectivity index (χ1n) is 7.27. The van der Waals surface area contributed by atoms with Gasteiger partial charge < -0.3 is 15.8 Å². The Balaban J connectivity index is 1.87. The summed E-state index contributed by atoms with van der Waals surface area (Å²) in [6.07, 6.45) is 7.48. The number of hydrogen-bond acceptors (Lipinski definition) is 4. The van der Waals surface area contributed by atoms with Gasteiger partial charge in [0.25, 0.3) is 0 Å². The molecular weight excluding hydrogens is 256 g/mol. The lowest BCUT2D eigenvalue weighted by atomic mass is 9.82. The van der Waals surface area contributed by atoms with E-state index in [1.54, 1.807) is 17.9 Å². The maximum Gasteiger partial charge on any atom is 0.245 e. The second kappa shape index (κ2) is 6.85. The van der Waals surface area contributed by atoms with Crippen LogP contribution in [0, 0.1) is 0 Å². The van der Waals surface area contributed by atoms with E-state index in [1.807, 2.05) is 6.20 Å². The first-order valence-corrected chi connectivity index (χ1v) is 7.27. The summed E-state index contributed by atoms with van der Waals surface area (Å²) in [6.45, 7) is 1.48. The molecule has 0 aromatic carbocycles. The topological polar surface area (TPSA) is 82.2 Å². The van der Waals surface area contributed by atoms with E-state index in [1.165, 1.54) is 6.42 Å². The van der Waals surface area contributed by atoms with Crippen LogP contribution in [-0.2, 0) is 16.1 Å². The molecular formula is C14H24N4O2. The molecule has 1 amide bonds. The van der Waals surface area contributed by atoms with Crippen LogP contribution in [-0.4, -0.2) is 34.9 Å². The number of ether oxygens (including phenoxy) is 1. The van der Waals surface area contributed by atoms with Crippen LogP contribution in [0.5, 0.6) is 0 Å². The maximum atomic E-state index is 12.3. The lowest BCUT2D eigenvalue weighted by Crippen LogP contribution is -2.52. The van der Waals surface area contributed by atoms with E-state index in [0.717, 1.165) is 38.6 Å². The second-order valence-electron chi connectivity index (χ2n) is 5.48. The Morgan fingerprint density at radius 3 is 2.95 bits per heavy atom. The predicted molar refractivity (Wildman–Crippen MR) is 77.4 cm³/mol. The molecule has 1 saturated carbocycles. The Kier molecular flexibility index (Phi) is 5.14. The molecule has 1 fully saturated rings. The number of hydrogen-bond donors (Lipinski definition) is 2. The highest BCUT2D eigenvalue weighted by Crippen LogP contribution is 2.26. The number of methoxy groups -OCH3 is 1. The third-order valence-electron chi connectivity index (χ3n) is 3.82.